The number of hydrogen-bond donors (Lipinski definition) is 2. The van der Waals surface area contributed by atoms with E-state index >= 15 is 0 Å². The van der Waals surface area contributed by atoms with Gasteiger partial charge in [0, 0.05) is 12.2 Å². The highest BCUT2D eigenvalue weighted by atomic mass is 16.3. The van der Waals surface area contributed by atoms with Crippen LogP contribution < -0.4 is 5.32 Å². The first-order valence-electron chi connectivity index (χ1n) is 6.47. The fourth-order valence-electron chi connectivity index (χ4n) is 3.16. The molecule has 0 spiro atoms. The van der Waals surface area contributed by atoms with Crippen molar-refractivity contribution in [3.8, 4) is 0 Å². The Bertz CT molecular complexity index is 427. The second kappa shape index (κ2) is 4.53. The highest BCUT2D eigenvalue weighted by Crippen LogP contribution is 2.43. The molecule has 0 aromatic heterocycles. The minimum atomic E-state index is 0.117. The van der Waals surface area contributed by atoms with Gasteiger partial charge in [-0.1, -0.05) is 24.3 Å². The van der Waals surface area contributed by atoms with Crippen molar-refractivity contribution < 1.29 is 5.11 Å². The van der Waals surface area contributed by atoms with Gasteiger partial charge in [-0.25, -0.2) is 0 Å². The van der Waals surface area contributed by atoms with Crippen molar-refractivity contribution in [3.05, 3.63) is 42.0 Å². The predicted octanol–water partition coefficient (Wildman–Crippen LogP) is 2.80. The Morgan fingerprint density at radius 3 is 2.88 bits per heavy atom. The second-order valence-corrected chi connectivity index (χ2v) is 5.28. The van der Waals surface area contributed by atoms with Gasteiger partial charge in [0.1, 0.15) is 0 Å². The Kier molecular flexibility index (Phi) is 2.89. The minimum Gasteiger partial charge on any atom is -0.392 e. The van der Waals surface area contributed by atoms with Crippen LogP contribution in [0.1, 0.15) is 18.4 Å². The summed E-state index contributed by atoms with van der Waals surface area (Å²) >= 11 is 0. The van der Waals surface area contributed by atoms with Gasteiger partial charge >= 0.3 is 0 Å². The van der Waals surface area contributed by atoms with Crippen LogP contribution in [-0.4, -0.2) is 11.7 Å². The third-order valence-corrected chi connectivity index (χ3v) is 4.09. The van der Waals surface area contributed by atoms with Crippen LogP contribution in [0.25, 0.3) is 0 Å². The highest BCUT2D eigenvalue weighted by Gasteiger charge is 2.35. The number of allylic oxidation sites excluding steroid dienone is 2. The summed E-state index contributed by atoms with van der Waals surface area (Å²) in [5.41, 5.74) is 2.10. The van der Waals surface area contributed by atoms with Crippen LogP contribution >= 0.6 is 0 Å². The van der Waals surface area contributed by atoms with E-state index in [1.54, 1.807) is 0 Å². The van der Waals surface area contributed by atoms with Gasteiger partial charge in [0.25, 0.3) is 0 Å². The standard InChI is InChI=1S/C15H19NO/c17-10-12-2-1-3-15(8-12)16-9-14-7-11-4-5-13(14)6-11/h1-5,8,11,13-14,16-17H,6-7,9-10H2. The summed E-state index contributed by atoms with van der Waals surface area (Å²) < 4.78 is 0. The van der Waals surface area contributed by atoms with Gasteiger partial charge in [0.2, 0.25) is 0 Å². The molecule has 3 atom stereocenters. The van der Waals surface area contributed by atoms with E-state index in [-0.39, 0.29) is 6.61 Å². The van der Waals surface area contributed by atoms with E-state index < -0.39 is 0 Å². The summed E-state index contributed by atoms with van der Waals surface area (Å²) in [7, 11) is 0. The average molecular weight is 229 g/mol. The molecule has 1 saturated carbocycles. The van der Waals surface area contributed by atoms with Gasteiger partial charge in [-0.15, -0.1) is 0 Å². The number of aliphatic hydroxyl groups excluding tert-OH is 1. The second-order valence-electron chi connectivity index (χ2n) is 5.28. The Morgan fingerprint density at radius 1 is 1.24 bits per heavy atom. The smallest absolute Gasteiger partial charge is 0.0682 e. The SMILES string of the molecule is OCc1cccc(NCC2CC3C=CC2C3)c1. The molecule has 0 aliphatic heterocycles. The summed E-state index contributed by atoms with van der Waals surface area (Å²) in [6, 6.07) is 8.05. The van der Waals surface area contributed by atoms with Crippen molar-refractivity contribution in [2.45, 2.75) is 19.4 Å². The van der Waals surface area contributed by atoms with E-state index in [0.717, 1.165) is 35.5 Å². The van der Waals surface area contributed by atoms with E-state index in [0.29, 0.717) is 0 Å². The topological polar surface area (TPSA) is 32.3 Å². The lowest BCUT2D eigenvalue weighted by Crippen LogP contribution is -2.18. The molecule has 90 valence electrons. The van der Waals surface area contributed by atoms with E-state index in [4.69, 9.17) is 5.11 Å². The summed E-state index contributed by atoms with van der Waals surface area (Å²) in [5.74, 6) is 2.44. The molecule has 17 heavy (non-hydrogen) atoms. The average Bonchev–Trinajstić information content (AvgIpc) is 2.99. The quantitative estimate of drug-likeness (QED) is 0.778. The molecular weight excluding hydrogens is 210 g/mol. The zero-order chi connectivity index (χ0) is 11.7. The molecule has 0 radical (unpaired) electrons. The maximum absolute atomic E-state index is 9.09. The van der Waals surface area contributed by atoms with E-state index in [1.165, 1.54) is 12.8 Å². The molecule has 3 rings (SSSR count). The molecule has 0 heterocycles. The van der Waals surface area contributed by atoms with Crippen molar-refractivity contribution in [1.29, 1.82) is 0 Å². The normalized spacial score (nSPS) is 29.8. The molecule has 1 fully saturated rings. The first-order chi connectivity index (χ1) is 8.35. The Morgan fingerprint density at radius 2 is 2.18 bits per heavy atom. The van der Waals surface area contributed by atoms with Gasteiger partial charge in [0.05, 0.1) is 6.61 Å². The van der Waals surface area contributed by atoms with E-state index in [1.807, 2.05) is 18.2 Å². The Balaban J connectivity index is 1.58. The molecule has 0 amide bonds. The number of anilines is 1. The molecule has 2 N–H and O–H groups in total. The number of nitrogens with one attached hydrogen (secondary N) is 1. The van der Waals surface area contributed by atoms with Gasteiger partial charge in [-0.2, -0.15) is 0 Å². The molecule has 1 aromatic carbocycles. The van der Waals surface area contributed by atoms with Gasteiger partial charge < -0.3 is 10.4 Å². The first kappa shape index (κ1) is 10.8. The third-order valence-electron chi connectivity index (χ3n) is 4.09. The molecule has 3 unspecified atom stereocenters. The molecule has 0 saturated heterocycles. The molecule has 2 aliphatic rings. The molecule has 2 aliphatic carbocycles. The summed E-state index contributed by atoms with van der Waals surface area (Å²) in [6.45, 7) is 1.17. The van der Waals surface area contributed by atoms with Crippen molar-refractivity contribution in [3.63, 3.8) is 0 Å². The molecule has 2 nitrogen and oxygen atoms in total. The van der Waals surface area contributed by atoms with Crippen molar-refractivity contribution >= 4 is 5.69 Å². The number of rotatable bonds is 4. The zero-order valence-corrected chi connectivity index (χ0v) is 9.97. The largest absolute Gasteiger partial charge is 0.392 e. The fourth-order valence-corrected chi connectivity index (χ4v) is 3.16. The van der Waals surface area contributed by atoms with Crippen LogP contribution in [0.5, 0.6) is 0 Å². The fraction of sp³-hybridized carbons (Fsp3) is 0.467. The number of hydrogen-bond acceptors (Lipinski definition) is 2. The van der Waals surface area contributed by atoms with Crippen LogP contribution in [0.15, 0.2) is 36.4 Å². The molecule has 1 aromatic rings. The van der Waals surface area contributed by atoms with Crippen LogP contribution in [-0.2, 0) is 6.61 Å². The third kappa shape index (κ3) is 2.22. The van der Waals surface area contributed by atoms with Crippen molar-refractivity contribution in [2.75, 3.05) is 11.9 Å². The van der Waals surface area contributed by atoms with Crippen LogP contribution in [0, 0.1) is 17.8 Å². The molecular formula is C15H19NO. The van der Waals surface area contributed by atoms with Gasteiger partial charge in [-0.05, 0) is 48.3 Å². The number of benzene rings is 1. The van der Waals surface area contributed by atoms with E-state index in [9.17, 15) is 0 Å². The first-order valence-corrected chi connectivity index (χ1v) is 6.47. The summed E-state index contributed by atoms with van der Waals surface area (Å²) in [4.78, 5) is 0. The molecule has 2 bridgehead atoms. The lowest BCUT2D eigenvalue weighted by molar-refractivity contribution is 0.282. The Labute approximate surface area is 102 Å². The highest BCUT2D eigenvalue weighted by molar-refractivity contribution is 5.45. The maximum Gasteiger partial charge on any atom is 0.0682 e. The van der Waals surface area contributed by atoms with E-state index in [2.05, 4.69) is 23.5 Å². The summed E-state index contributed by atoms with van der Waals surface area (Å²) in [6.07, 6.45) is 7.48. The Hall–Kier alpha value is -1.28. The van der Waals surface area contributed by atoms with Crippen molar-refractivity contribution in [1.82, 2.24) is 0 Å². The lowest BCUT2D eigenvalue weighted by atomic mass is 9.93. The molecule has 2 heteroatoms. The summed E-state index contributed by atoms with van der Waals surface area (Å²) in [5, 5.41) is 12.6. The predicted molar refractivity (Wildman–Crippen MR) is 69.7 cm³/mol. The number of aliphatic hydroxyl groups is 1. The van der Waals surface area contributed by atoms with Crippen LogP contribution in [0.2, 0.25) is 0 Å². The lowest BCUT2D eigenvalue weighted by Gasteiger charge is -2.19. The van der Waals surface area contributed by atoms with Crippen LogP contribution in [0.3, 0.4) is 0 Å². The number of fused-ring (bicyclic) bond motifs is 2. The van der Waals surface area contributed by atoms with Gasteiger partial charge in [-0.3, -0.25) is 0 Å². The maximum atomic E-state index is 9.09. The monoisotopic (exact) mass is 229 g/mol. The van der Waals surface area contributed by atoms with Crippen molar-refractivity contribution in [2.24, 2.45) is 17.8 Å². The zero-order valence-electron chi connectivity index (χ0n) is 9.97. The minimum absolute atomic E-state index is 0.117. The van der Waals surface area contributed by atoms with Gasteiger partial charge in [0.15, 0.2) is 0 Å². The van der Waals surface area contributed by atoms with Crippen LogP contribution in [0.4, 0.5) is 5.69 Å².